The number of benzene rings is 1. The molecule has 32 heavy (non-hydrogen) atoms. The molecule has 0 spiro atoms. The van der Waals surface area contributed by atoms with Gasteiger partial charge in [-0.05, 0) is 73.8 Å². The molecule has 7 nitrogen and oxygen atoms in total. The Balaban J connectivity index is 1.36. The molecule has 0 saturated heterocycles. The summed E-state index contributed by atoms with van der Waals surface area (Å²) in [5.74, 6) is 2.36. The predicted octanol–water partition coefficient (Wildman–Crippen LogP) is 4.11. The highest BCUT2D eigenvalue weighted by Crippen LogP contribution is 2.59. The van der Waals surface area contributed by atoms with Crippen LogP contribution in [0.5, 0.6) is 0 Å². The number of anilines is 1. The minimum absolute atomic E-state index is 0.109. The molecule has 2 aromatic rings. The third kappa shape index (κ3) is 4.35. The molecule has 0 unspecified atom stereocenters. The predicted molar refractivity (Wildman–Crippen MR) is 124 cm³/mol. The molecule has 4 aliphatic rings. The Bertz CT molecular complexity index is 1130. The lowest BCUT2D eigenvalue weighted by atomic mass is 9.49. The molecule has 4 bridgehead atoms. The highest BCUT2D eigenvalue weighted by atomic mass is 35.5. The average molecular weight is 475 g/mol. The normalized spacial score (nSPS) is 28.5. The minimum atomic E-state index is -3.53. The van der Waals surface area contributed by atoms with Crippen LogP contribution in [0, 0.1) is 23.2 Å². The highest BCUT2D eigenvalue weighted by Gasteiger charge is 2.50. The maximum Gasteiger partial charge on any atom is 0.252 e. The van der Waals surface area contributed by atoms with E-state index in [4.69, 9.17) is 11.6 Å². The van der Waals surface area contributed by atoms with E-state index >= 15 is 0 Å². The SMILES string of the molecule is CS(=O)(=O)Nc1nccnc1-c1ccc(Cl)c(C(=O)NCC23CC4CC(CC(C4)C2)C3)c1. The lowest BCUT2D eigenvalue weighted by Crippen LogP contribution is -2.51. The number of hydrogen-bond donors (Lipinski definition) is 2. The van der Waals surface area contributed by atoms with Gasteiger partial charge >= 0.3 is 0 Å². The van der Waals surface area contributed by atoms with Crippen LogP contribution < -0.4 is 10.0 Å². The van der Waals surface area contributed by atoms with Crippen molar-refractivity contribution in [2.45, 2.75) is 38.5 Å². The largest absolute Gasteiger partial charge is 0.351 e. The molecular weight excluding hydrogens is 448 g/mol. The molecule has 6 rings (SSSR count). The number of aromatic nitrogens is 2. The Hall–Kier alpha value is -2.19. The zero-order valence-corrected chi connectivity index (χ0v) is 19.5. The Morgan fingerprint density at radius 1 is 1.09 bits per heavy atom. The van der Waals surface area contributed by atoms with Gasteiger partial charge in [0.2, 0.25) is 10.0 Å². The van der Waals surface area contributed by atoms with Gasteiger partial charge < -0.3 is 5.32 Å². The van der Waals surface area contributed by atoms with Crippen molar-refractivity contribution in [1.82, 2.24) is 15.3 Å². The van der Waals surface area contributed by atoms with E-state index in [1.807, 2.05) is 0 Å². The van der Waals surface area contributed by atoms with Gasteiger partial charge in [0.25, 0.3) is 5.91 Å². The second-order valence-electron chi connectivity index (χ2n) is 9.92. The van der Waals surface area contributed by atoms with Crippen molar-refractivity contribution in [3.05, 3.63) is 41.2 Å². The molecule has 170 valence electrons. The molecule has 1 amide bonds. The van der Waals surface area contributed by atoms with Crippen molar-refractivity contribution in [2.75, 3.05) is 17.5 Å². The first-order valence-electron chi connectivity index (χ1n) is 11.1. The summed E-state index contributed by atoms with van der Waals surface area (Å²) in [6, 6.07) is 4.99. The summed E-state index contributed by atoms with van der Waals surface area (Å²) in [6.07, 6.45) is 11.7. The number of carbonyl (C=O) groups is 1. The molecule has 0 radical (unpaired) electrons. The van der Waals surface area contributed by atoms with Gasteiger partial charge in [-0.25, -0.2) is 13.4 Å². The molecule has 9 heteroatoms. The van der Waals surface area contributed by atoms with E-state index in [1.165, 1.54) is 50.9 Å². The van der Waals surface area contributed by atoms with Crippen LogP contribution in [0.15, 0.2) is 30.6 Å². The maximum atomic E-state index is 13.1. The van der Waals surface area contributed by atoms with Crippen LogP contribution in [0.2, 0.25) is 5.02 Å². The number of nitrogens with zero attached hydrogens (tertiary/aromatic N) is 2. The average Bonchev–Trinajstić information content (AvgIpc) is 2.71. The molecule has 0 atom stereocenters. The summed E-state index contributed by atoms with van der Waals surface area (Å²) in [5.41, 5.74) is 1.48. The molecule has 1 aromatic heterocycles. The van der Waals surface area contributed by atoms with Gasteiger partial charge in [-0.2, -0.15) is 0 Å². The zero-order chi connectivity index (χ0) is 22.5. The number of carbonyl (C=O) groups excluding carboxylic acids is 1. The summed E-state index contributed by atoms with van der Waals surface area (Å²) in [5, 5.41) is 3.50. The first kappa shape index (κ1) is 21.6. The third-order valence-corrected chi connectivity index (χ3v) is 8.15. The fourth-order valence-electron chi connectivity index (χ4n) is 6.52. The zero-order valence-electron chi connectivity index (χ0n) is 18.0. The number of nitrogens with one attached hydrogen (secondary N) is 2. The van der Waals surface area contributed by atoms with Crippen LogP contribution in [0.1, 0.15) is 48.9 Å². The first-order chi connectivity index (χ1) is 15.2. The highest BCUT2D eigenvalue weighted by molar-refractivity contribution is 7.92. The van der Waals surface area contributed by atoms with Crippen molar-refractivity contribution in [3.63, 3.8) is 0 Å². The van der Waals surface area contributed by atoms with E-state index in [9.17, 15) is 13.2 Å². The number of sulfonamides is 1. The maximum absolute atomic E-state index is 13.1. The lowest BCUT2D eigenvalue weighted by Gasteiger charge is -2.56. The summed E-state index contributed by atoms with van der Waals surface area (Å²) in [4.78, 5) is 21.5. The first-order valence-corrected chi connectivity index (χ1v) is 13.3. The van der Waals surface area contributed by atoms with E-state index in [1.54, 1.807) is 18.2 Å². The lowest BCUT2D eigenvalue weighted by molar-refractivity contribution is -0.0503. The van der Waals surface area contributed by atoms with E-state index in [-0.39, 0.29) is 17.1 Å². The fourth-order valence-corrected chi connectivity index (χ4v) is 7.22. The van der Waals surface area contributed by atoms with Crippen molar-refractivity contribution in [1.29, 1.82) is 0 Å². The Morgan fingerprint density at radius 3 is 2.34 bits per heavy atom. The van der Waals surface area contributed by atoms with Gasteiger partial charge in [0, 0.05) is 24.5 Å². The van der Waals surface area contributed by atoms with Gasteiger partial charge in [0.1, 0.15) is 5.69 Å². The van der Waals surface area contributed by atoms with Gasteiger partial charge in [-0.1, -0.05) is 17.7 Å². The number of rotatable bonds is 6. The quantitative estimate of drug-likeness (QED) is 0.655. The van der Waals surface area contributed by atoms with E-state index in [2.05, 4.69) is 20.0 Å². The molecule has 2 N–H and O–H groups in total. The monoisotopic (exact) mass is 474 g/mol. The van der Waals surface area contributed by atoms with Crippen molar-refractivity contribution < 1.29 is 13.2 Å². The third-order valence-electron chi connectivity index (χ3n) is 7.25. The summed E-state index contributed by atoms with van der Waals surface area (Å²) in [6.45, 7) is 0.682. The molecule has 1 aromatic carbocycles. The molecule has 1 heterocycles. The molecule has 4 saturated carbocycles. The number of hydrogen-bond acceptors (Lipinski definition) is 5. The number of amides is 1. The molecule has 0 aliphatic heterocycles. The Kier molecular flexibility index (Phi) is 5.40. The van der Waals surface area contributed by atoms with E-state index < -0.39 is 10.0 Å². The van der Waals surface area contributed by atoms with Crippen LogP contribution in [0.4, 0.5) is 5.82 Å². The molecular formula is C23H27ClN4O3S. The standard InChI is InChI=1S/C23H27ClN4O3S/c1-32(30,31)28-21-20(25-4-5-26-21)17-2-3-19(24)18(9-17)22(29)27-13-23-10-14-6-15(11-23)8-16(7-14)12-23/h2-5,9,14-16H,6-8,10-13H2,1H3,(H,26,28)(H,27,29). The van der Waals surface area contributed by atoms with Crippen LogP contribution in [0.25, 0.3) is 11.3 Å². The summed E-state index contributed by atoms with van der Waals surface area (Å²) in [7, 11) is -3.53. The van der Waals surface area contributed by atoms with Crippen molar-refractivity contribution >= 4 is 33.3 Å². The van der Waals surface area contributed by atoms with Gasteiger partial charge in [0.15, 0.2) is 5.82 Å². The van der Waals surface area contributed by atoms with Crippen molar-refractivity contribution in [2.24, 2.45) is 23.2 Å². The van der Waals surface area contributed by atoms with Gasteiger partial charge in [0.05, 0.1) is 16.8 Å². The van der Waals surface area contributed by atoms with Crippen LogP contribution in [-0.2, 0) is 10.0 Å². The second-order valence-corrected chi connectivity index (χ2v) is 12.1. The topological polar surface area (TPSA) is 101 Å². The smallest absolute Gasteiger partial charge is 0.252 e. The van der Waals surface area contributed by atoms with Crippen LogP contribution in [-0.4, -0.2) is 37.1 Å². The van der Waals surface area contributed by atoms with Crippen LogP contribution in [0.3, 0.4) is 0 Å². The second kappa shape index (κ2) is 7.99. The Labute approximate surface area is 193 Å². The minimum Gasteiger partial charge on any atom is -0.351 e. The van der Waals surface area contributed by atoms with Gasteiger partial charge in [-0.3, -0.25) is 14.5 Å². The summed E-state index contributed by atoms with van der Waals surface area (Å²) < 4.78 is 25.8. The fraction of sp³-hybridized carbons (Fsp3) is 0.522. The van der Waals surface area contributed by atoms with Crippen molar-refractivity contribution in [3.8, 4) is 11.3 Å². The molecule has 4 fully saturated rings. The van der Waals surface area contributed by atoms with E-state index in [0.717, 1.165) is 24.0 Å². The molecule has 4 aliphatic carbocycles. The van der Waals surface area contributed by atoms with Gasteiger partial charge in [-0.15, -0.1) is 0 Å². The number of halogens is 1. The summed E-state index contributed by atoms with van der Waals surface area (Å²) >= 11 is 6.37. The van der Waals surface area contributed by atoms with Crippen LogP contribution >= 0.6 is 11.6 Å². The van der Waals surface area contributed by atoms with E-state index in [0.29, 0.717) is 28.4 Å². The Morgan fingerprint density at radius 2 is 1.72 bits per heavy atom.